The SMILES string of the molecule is CCc1ccc(C)c(NC(=O)c2ccc(S(=O)(=O)N3CCCC3)cc2)c1. The Morgan fingerprint density at radius 2 is 1.73 bits per heavy atom. The van der Waals surface area contributed by atoms with Crippen molar-refractivity contribution in [2.45, 2.75) is 38.0 Å². The zero-order valence-corrected chi connectivity index (χ0v) is 16.0. The van der Waals surface area contributed by atoms with Gasteiger partial charge in [-0.3, -0.25) is 4.79 Å². The maximum absolute atomic E-state index is 12.5. The summed E-state index contributed by atoms with van der Waals surface area (Å²) in [5, 5.41) is 2.92. The van der Waals surface area contributed by atoms with E-state index in [1.807, 2.05) is 25.1 Å². The second-order valence-electron chi connectivity index (χ2n) is 6.59. The molecule has 0 aromatic heterocycles. The van der Waals surface area contributed by atoms with Gasteiger partial charge in [0.15, 0.2) is 0 Å². The number of anilines is 1. The Bertz CT molecular complexity index is 899. The van der Waals surface area contributed by atoms with Gasteiger partial charge in [0.1, 0.15) is 0 Å². The van der Waals surface area contributed by atoms with E-state index in [1.54, 1.807) is 12.1 Å². The van der Waals surface area contributed by atoms with E-state index in [4.69, 9.17) is 0 Å². The molecule has 3 rings (SSSR count). The van der Waals surface area contributed by atoms with E-state index in [0.29, 0.717) is 18.7 Å². The van der Waals surface area contributed by atoms with Crippen LogP contribution in [-0.4, -0.2) is 31.7 Å². The van der Waals surface area contributed by atoms with Crippen molar-refractivity contribution in [3.8, 4) is 0 Å². The van der Waals surface area contributed by atoms with Gasteiger partial charge in [0.05, 0.1) is 4.90 Å². The summed E-state index contributed by atoms with van der Waals surface area (Å²) in [5.74, 6) is -0.244. The molecule has 1 heterocycles. The topological polar surface area (TPSA) is 66.5 Å². The molecule has 0 spiro atoms. The van der Waals surface area contributed by atoms with Crippen molar-refractivity contribution in [3.63, 3.8) is 0 Å². The van der Waals surface area contributed by atoms with E-state index in [2.05, 4.69) is 12.2 Å². The molecule has 26 heavy (non-hydrogen) atoms. The molecule has 2 aromatic rings. The number of rotatable bonds is 5. The molecule has 0 bridgehead atoms. The Kier molecular flexibility index (Phi) is 5.44. The average Bonchev–Trinajstić information content (AvgIpc) is 3.19. The molecule has 1 aliphatic heterocycles. The number of carbonyl (C=O) groups is 1. The van der Waals surface area contributed by atoms with Crippen molar-refractivity contribution >= 4 is 21.6 Å². The van der Waals surface area contributed by atoms with Gasteiger partial charge in [-0.05, 0) is 67.6 Å². The van der Waals surface area contributed by atoms with Gasteiger partial charge in [-0.1, -0.05) is 19.1 Å². The van der Waals surface area contributed by atoms with E-state index < -0.39 is 10.0 Å². The molecule has 0 saturated carbocycles. The Labute approximate surface area is 155 Å². The van der Waals surface area contributed by atoms with Gasteiger partial charge in [-0.15, -0.1) is 0 Å². The molecule has 2 aromatic carbocycles. The van der Waals surface area contributed by atoms with Crippen LogP contribution in [0.5, 0.6) is 0 Å². The number of nitrogens with one attached hydrogen (secondary N) is 1. The fourth-order valence-electron chi connectivity index (χ4n) is 3.07. The van der Waals surface area contributed by atoms with Gasteiger partial charge in [-0.2, -0.15) is 4.31 Å². The summed E-state index contributed by atoms with van der Waals surface area (Å²) in [4.78, 5) is 12.7. The summed E-state index contributed by atoms with van der Waals surface area (Å²) >= 11 is 0. The van der Waals surface area contributed by atoms with Crippen LogP contribution in [0.1, 0.15) is 41.3 Å². The molecule has 1 amide bonds. The van der Waals surface area contributed by atoms with Gasteiger partial charge < -0.3 is 5.32 Å². The van der Waals surface area contributed by atoms with Crippen LogP contribution in [0.25, 0.3) is 0 Å². The maximum atomic E-state index is 12.5. The third-order valence-corrected chi connectivity index (χ3v) is 6.69. The summed E-state index contributed by atoms with van der Waals surface area (Å²) in [6.07, 6.45) is 2.69. The molecule has 0 atom stereocenters. The molecular formula is C20H24N2O3S. The van der Waals surface area contributed by atoms with E-state index in [9.17, 15) is 13.2 Å². The van der Waals surface area contributed by atoms with Crippen LogP contribution < -0.4 is 5.32 Å². The molecular weight excluding hydrogens is 348 g/mol. The minimum Gasteiger partial charge on any atom is -0.322 e. The Hall–Kier alpha value is -2.18. The molecule has 1 aliphatic rings. The molecule has 1 N–H and O–H groups in total. The fourth-order valence-corrected chi connectivity index (χ4v) is 4.59. The molecule has 1 saturated heterocycles. The van der Waals surface area contributed by atoms with Crippen LogP contribution in [0.3, 0.4) is 0 Å². The molecule has 138 valence electrons. The van der Waals surface area contributed by atoms with E-state index in [1.165, 1.54) is 16.4 Å². The predicted octanol–water partition coefficient (Wildman–Crippen LogP) is 3.59. The Morgan fingerprint density at radius 1 is 1.08 bits per heavy atom. The normalized spacial score (nSPS) is 15.2. The van der Waals surface area contributed by atoms with Gasteiger partial charge >= 0.3 is 0 Å². The van der Waals surface area contributed by atoms with E-state index in [-0.39, 0.29) is 10.8 Å². The smallest absolute Gasteiger partial charge is 0.255 e. The minimum absolute atomic E-state index is 0.236. The van der Waals surface area contributed by atoms with Crippen molar-refractivity contribution in [3.05, 3.63) is 59.2 Å². The van der Waals surface area contributed by atoms with E-state index >= 15 is 0 Å². The average molecular weight is 372 g/mol. The zero-order valence-electron chi connectivity index (χ0n) is 15.2. The quantitative estimate of drug-likeness (QED) is 0.872. The highest BCUT2D eigenvalue weighted by Gasteiger charge is 2.27. The second-order valence-corrected chi connectivity index (χ2v) is 8.53. The fraction of sp³-hybridized carbons (Fsp3) is 0.350. The number of hydrogen-bond donors (Lipinski definition) is 1. The lowest BCUT2D eigenvalue weighted by Crippen LogP contribution is -2.27. The Morgan fingerprint density at radius 3 is 2.35 bits per heavy atom. The number of sulfonamides is 1. The van der Waals surface area contributed by atoms with Gasteiger partial charge in [0.2, 0.25) is 10.0 Å². The summed E-state index contributed by atoms with van der Waals surface area (Å²) in [7, 11) is -3.45. The molecule has 0 unspecified atom stereocenters. The number of nitrogens with zero attached hydrogens (tertiary/aromatic N) is 1. The van der Waals surface area contributed by atoms with Crippen molar-refractivity contribution in [2.24, 2.45) is 0 Å². The third-order valence-electron chi connectivity index (χ3n) is 4.78. The Balaban J connectivity index is 1.77. The van der Waals surface area contributed by atoms with Crippen LogP contribution in [-0.2, 0) is 16.4 Å². The first-order valence-corrected chi connectivity index (χ1v) is 10.4. The number of hydrogen-bond acceptors (Lipinski definition) is 3. The lowest BCUT2D eigenvalue weighted by Gasteiger charge is -2.15. The van der Waals surface area contributed by atoms with Crippen LogP contribution in [0.2, 0.25) is 0 Å². The highest BCUT2D eigenvalue weighted by atomic mass is 32.2. The largest absolute Gasteiger partial charge is 0.322 e. The minimum atomic E-state index is -3.45. The third kappa shape index (κ3) is 3.81. The maximum Gasteiger partial charge on any atom is 0.255 e. The summed E-state index contributed by atoms with van der Waals surface area (Å²) in [6, 6.07) is 12.2. The van der Waals surface area contributed by atoms with Crippen LogP contribution >= 0.6 is 0 Å². The lowest BCUT2D eigenvalue weighted by atomic mass is 10.1. The molecule has 0 aliphatic carbocycles. The molecule has 1 fully saturated rings. The molecule has 0 radical (unpaired) electrons. The van der Waals surface area contributed by atoms with Crippen LogP contribution in [0, 0.1) is 6.92 Å². The predicted molar refractivity (Wildman–Crippen MR) is 103 cm³/mol. The van der Waals surface area contributed by atoms with E-state index in [0.717, 1.165) is 36.1 Å². The highest BCUT2D eigenvalue weighted by Crippen LogP contribution is 2.22. The van der Waals surface area contributed by atoms with Crippen LogP contribution in [0.4, 0.5) is 5.69 Å². The van der Waals surface area contributed by atoms with Crippen molar-refractivity contribution in [2.75, 3.05) is 18.4 Å². The van der Waals surface area contributed by atoms with Crippen molar-refractivity contribution < 1.29 is 13.2 Å². The lowest BCUT2D eigenvalue weighted by molar-refractivity contribution is 0.102. The summed E-state index contributed by atoms with van der Waals surface area (Å²) < 4.78 is 26.6. The summed E-state index contributed by atoms with van der Waals surface area (Å²) in [5.41, 5.74) is 3.36. The van der Waals surface area contributed by atoms with Crippen LogP contribution in [0.15, 0.2) is 47.4 Å². The molecule has 5 nitrogen and oxygen atoms in total. The number of amides is 1. The van der Waals surface area contributed by atoms with Crippen molar-refractivity contribution in [1.29, 1.82) is 0 Å². The standard InChI is InChI=1S/C20H24N2O3S/c1-3-16-7-6-15(2)19(14-16)21-20(23)17-8-10-18(11-9-17)26(24,25)22-12-4-5-13-22/h6-11,14H,3-5,12-13H2,1-2H3,(H,21,23). The number of carbonyl (C=O) groups excluding carboxylic acids is 1. The molecule has 6 heteroatoms. The van der Waals surface area contributed by atoms with Gasteiger partial charge in [0, 0.05) is 24.3 Å². The zero-order chi connectivity index (χ0) is 18.7. The first kappa shape index (κ1) is 18.6. The summed E-state index contributed by atoms with van der Waals surface area (Å²) in [6.45, 7) is 5.14. The highest BCUT2D eigenvalue weighted by molar-refractivity contribution is 7.89. The van der Waals surface area contributed by atoms with Gasteiger partial charge in [0.25, 0.3) is 5.91 Å². The number of benzene rings is 2. The van der Waals surface area contributed by atoms with Gasteiger partial charge in [-0.25, -0.2) is 8.42 Å². The second kappa shape index (κ2) is 7.60. The van der Waals surface area contributed by atoms with Crippen molar-refractivity contribution in [1.82, 2.24) is 4.31 Å². The monoisotopic (exact) mass is 372 g/mol. The first-order chi connectivity index (χ1) is 12.4. The number of aryl methyl sites for hydroxylation is 2. The first-order valence-electron chi connectivity index (χ1n) is 8.93.